The zero-order valence-corrected chi connectivity index (χ0v) is 14.9. The molecule has 6 nitrogen and oxygen atoms in total. The first-order valence-corrected chi connectivity index (χ1v) is 8.53. The van der Waals surface area contributed by atoms with Crippen LogP contribution < -0.4 is 10.2 Å². The molecule has 1 aliphatic carbocycles. The van der Waals surface area contributed by atoms with Gasteiger partial charge in [0.1, 0.15) is 11.5 Å². The molecule has 2 fully saturated rings. The molecular formula is C17H26FN5O. The molecule has 7 heteroatoms. The summed E-state index contributed by atoms with van der Waals surface area (Å²) in [6.07, 6.45) is 2.31. The summed E-state index contributed by atoms with van der Waals surface area (Å²) in [5, 5.41) is 3.34. The van der Waals surface area contributed by atoms with E-state index >= 15 is 0 Å². The van der Waals surface area contributed by atoms with Crippen LogP contribution in [0, 0.1) is 13.8 Å². The predicted molar refractivity (Wildman–Crippen MR) is 91.2 cm³/mol. The van der Waals surface area contributed by atoms with Crippen molar-refractivity contribution < 1.29 is 9.18 Å². The van der Waals surface area contributed by atoms with Crippen LogP contribution >= 0.6 is 0 Å². The van der Waals surface area contributed by atoms with Gasteiger partial charge in [-0.25, -0.2) is 14.4 Å². The summed E-state index contributed by atoms with van der Waals surface area (Å²) in [7, 11) is 3.39. The fourth-order valence-corrected chi connectivity index (χ4v) is 2.98. The van der Waals surface area contributed by atoms with E-state index in [1.807, 2.05) is 13.8 Å². The van der Waals surface area contributed by atoms with Gasteiger partial charge in [0.25, 0.3) is 5.91 Å². The second kappa shape index (κ2) is 6.27. The molecule has 1 saturated heterocycles. The van der Waals surface area contributed by atoms with Gasteiger partial charge in [-0.05, 0) is 33.1 Å². The molecular weight excluding hydrogens is 309 g/mol. The maximum absolute atomic E-state index is 13.8. The second-order valence-corrected chi connectivity index (χ2v) is 7.24. The monoisotopic (exact) mass is 335 g/mol. The highest BCUT2D eigenvalue weighted by Crippen LogP contribution is 2.39. The quantitative estimate of drug-likeness (QED) is 0.883. The average molecular weight is 335 g/mol. The van der Waals surface area contributed by atoms with E-state index in [4.69, 9.17) is 0 Å². The molecule has 1 atom stereocenters. The molecule has 2 heterocycles. The third-order valence-corrected chi connectivity index (χ3v) is 4.95. The van der Waals surface area contributed by atoms with Crippen molar-refractivity contribution in [3.8, 4) is 0 Å². The molecule has 0 radical (unpaired) electrons. The summed E-state index contributed by atoms with van der Waals surface area (Å²) in [5.41, 5.74) is 0.845. The van der Waals surface area contributed by atoms with Gasteiger partial charge in [-0.1, -0.05) is 0 Å². The van der Waals surface area contributed by atoms with E-state index in [-0.39, 0.29) is 17.8 Å². The zero-order valence-electron chi connectivity index (χ0n) is 14.9. The molecule has 24 heavy (non-hydrogen) atoms. The van der Waals surface area contributed by atoms with Crippen LogP contribution in [-0.4, -0.2) is 66.2 Å². The van der Waals surface area contributed by atoms with Crippen LogP contribution in [0.2, 0.25) is 0 Å². The third kappa shape index (κ3) is 3.50. The molecule has 0 unspecified atom stereocenters. The number of aryl methyl sites for hydroxylation is 1. The predicted octanol–water partition coefficient (Wildman–Crippen LogP) is 1.47. The minimum Gasteiger partial charge on any atom is -0.355 e. The minimum absolute atomic E-state index is 0.193. The average Bonchev–Trinajstić information content (AvgIpc) is 3.09. The van der Waals surface area contributed by atoms with E-state index in [0.717, 1.165) is 36.6 Å². The van der Waals surface area contributed by atoms with Gasteiger partial charge < -0.3 is 15.1 Å². The molecule has 1 aliphatic heterocycles. The van der Waals surface area contributed by atoms with Crippen LogP contribution in [0.4, 0.5) is 10.2 Å². The summed E-state index contributed by atoms with van der Waals surface area (Å²) >= 11 is 0. The van der Waals surface area contributed by atoms with Crippen molar-refractivity contribution in [1.82, 2.24) is 20.2 Å². The van der Waals surface area contributed by atoms with Crippen molar-refractivity contribution in [1.29, 1.82) is 0 Å². The van der Waals surface area contributed by atoms with Crippen LogP contribution in [0.5, 0.6) is 0 Å². The maximum atomic E-state index is 13.8. The Morgan fingerprint density at radius 1 is 1.38 bits per heavy atom. The maximum Gasteiger partial charge on any atom is 0.291 e. The van der Waals surface area contributed by atoms with Gasteiger partial charge >= 0.3 is 0 Å². The van der Waals surface area contributed by atoms with E-state index < -0.39 is 5.67 Å². The number of carbonyl (C=O) groups is 1. The number of rotatable bonds is 5. The number of carbonyl (C=O) groups excluding carboxylic acids is 1. The first-order chi connectivity index (χ1) is 11.3. The first kappa shape index (κ1) is 17.1. The Morgan fingerprint density at radius 2 is 2.08 bits per heavy atom. The lowest BCUT2D eigenvalue weighted by molar-refractivity contribution is 0.0815. The number of nitrogens with one attached hydrogen (secondary N) is 1. The third-order valence-electron chi connectivity index (χ3n) is 4.95. The lowest BCUT2D eigenvalue weighted by Gasteiger charge is -2.22. The van der Waals surface area contributed by atoms with Crippen LogP contribution in [-0.2, 0) is 0 Å². The largest absolute Gasteiger partial charge is 0.355 e. The number of alkyl halides is 1. The van der Waals surface area contributed by atoms with Crippen LogP contribution in [0.15, 0.2) is 0 Å². The smallest absolute Gasteiger partial charge is 0.291 e. The number of nitrogens with zero attached hydrogens (tertiary/aromatic N) is 4. The van der Waals surface area contributed by atoms with E-state index in [1.54, 1.807) is 14.1 Å². The molecule has 3 rings (SSSR count). The number of hydrogen-bond donors (Lipinski definition) is 1. The molecule has 0 spiro atoms. The number of anilines is 1. The van der Waals surface area contributed by atoms with Crippen molar-refractivity contribution in [2.45, 2.75) is 44.8 Å². The molecule has 0 bridgehead atoms. The fourth-order valence-electron chi connectivity index (χ4n) is 2.98. The lowest BCUT2D eigenvalue weighted by Crippen LogP contribution is -2.37. The number of amides is 1. The minimum atomic E-state index is -0.972. The molecule has 1 N–H and O–H groups in total. The highest BCUT2D eigenvalue weighted by molar-refractivity contribution is 5.90. The Bertz CT molecular complexity index is 644. The van der Waals surface area contributed by atoms with Gasteiger partial charge in [-0.2, -0.15) is 0 Å². The van der Waals surface area contributed by atoms with Crippen molar-refractivity contribution in [2.24, 2.45) is 0 Å². The zero-order chi connectivity index (χ0) is 17.5. The van der Waals surface area contributed by atoms with E-state index in [1.165, 1.54) is 4.90 Å². The summed E-state index contributed by atoms with van der Waals surface area (Å²) < 4.78 is 13.8. The van der Waals surface area contributed by atoms with Gasteiger partial charge in [0.05, 0.1) is 0 Å². The van der Waals surface area contributed by atoms with E-state index in [9.17, 15) is 9.18 Å². The molecule has 1 aromatic rings. The van der Waals surface area contributed by atoms with E-state index in [2.05, 4.69) is 20.2 Å². The molecule has 0 aromatic carbocycles. The second-order valence-electron chi connectivity index (χ2n) is 7.24. The Morgan fingerprint density at radius 3 is 2.71 bits per heavy atom. The fraction of sp³-hybridized carbons (Fsp3) is 0.706. The summed E-state index contributed by atoms with van der Waals surface area (Å²) in [6, 6.07) is 0.265. The highest BCUT2D eigenvalue weighted by Gasteiger charge is 2.43. The summed E-state index contributed by atoms with van der Waals surface area (Å²) in [4.78, 5) is 24.7. The Hall–Kier alpha value is -1.76. The molecule has 132 valence electrons. The van der Waals surface area contributed by atoms with Gasteiger partial charge in [-0.3, -0.25) is 4.79 Å². The van der Waals surface area contributed by atoms with Crippen molar-refractivity contribution in [2.75, 3.05) is 38.6 Å². The van der Waals surface area contributed by atoms with Gasteiger partial charge in [0.15, 0.2) is 0 Å². The molecule has 2 aliphatic rings. The summed E-state index contributed by atoms with van der Waals surface area (Å²) in [6.45, 7) is 5.96. The van der Waals surface area contributed by atoms with Crippen LogP contribution in [0.1, 0.15) is 41.1 Å². The first-order valence-electron chi connectivity index (χ1n) is 8.53. The molecule has 1 aromatic heterocycles. The van der Waals surface area contributed by atoms with Gasteiger partial charge in [0, 0.05) is 51.0 Å². The highest BCUT2D eigenvalue weighted by atomic mass is 19.1. The summed E-state index contributed by atoms with van der Waals surface area (Å²) in [5.74, 6) is 0.856. The van der Waals surface area contributed by atoms with Crippen LogP contribution in [0.3, 0.4) is 0 Å². The Labute approximate surface area is 142 Å². The Balaban J connectivity index is 1.73. The van der Waals surface area contributed by atoms with Crippen molar-refractivity contribution >= 4 is 11.7 Å². The Kier molecular flexibility index (Phi) is 4.46. The lowest BCUT2D eigenvalue weighted by atomic mass is 10.2. The van der Waals surface area contributed by atoms with E-state index in [0.29, 0.717) is 19.4 Å². The topological polar surface area (TPSA) is 61.4 Å². The van der Waals surface area contributed by atoms with Crippen molar-refractivity contribution in [3.05, 3.63) is 17.1 Å². The van der Waals surface area contributed by atoms with Crippen LogP contribution in [0.25, 0.3) is 0 Å². The van der Waals surface area contributed by atoms with Crippen molar-refractivity contribution in [3.63, 3.8) is 0 Å². The number of hydrogen-bond acceptors (Lipinski definition) is 5. The standard InChI is InChI=1S/C17H26FN5O/c1-11-12(2)20-14(16(24)22(3)4)21-15(11)23-8-5-13(9-23)19-10-17(18)6-7-17/h13,19H,5-10H2,1-4H3/t13-/m1/s1. The normalized spacial score (nSPS) is 21.9. The molecule has 1 saturated carbocycles. The number of aromatic nitrogens is 2. The number of halogens is 1. The SMILES string of the molecule is Cc1nc(C(=O)N(C)C)nc(N2CC[C@@H](NCC3(F)CC3)C2)c1C. The molecule has 1 amide bonds. The van der Waals surface area contributed by atoms with Gasteiger partial charge in [-0.15, -0.1) is 0 Å². The van der Waals surface area contributed by atoms with Gasteiger partial charge in [0.2, 0.25) is 5.82 Å².